The number of aromatic nitrogens is 2. The van der Waals surface area contributed by atoms with Crippen LogP contribution in [0.25, 0.3) is 10.9 Å². The van der Waals surface area contributed by atoms with Gasteiger partial charge in [-0.3, -0.25) is 0 Å². The lowest BCUT2D eigenvalue weighted by Crippen LogP contribution is -2.03. The van der Waals surface area contributed by atoms with E-state index in [4.69, 9.17) is 16.7 Å². The Bertz CT molecular complexity index is 554. The molecule has 1 heterocycles. The van der Waals surface area contributed by atoms with E-state index in [0.717, 1.165) is 5.56 Å². The molecule has 0 radical (unpaired) electrons. The second-order valence-electron chi connectivity index (χ2n) is 3.19. The van der Waals surface area contributed by atoms with Gasteiger partial charge in [-0.1, -0.05) is 23.7 Å². The molecule has 0 aliphatic rings. The average Bonchev–Trinajstić information content (AvgIpc) is 2.17. The minimum Gasteiger partial charge on any atom is -0.476 e. The molecule has 2 rings (SSSR count). The van der Waals surface area contributed by atoms with Gasteiger partial charge < -0.3 is 5.11 Å². The molecule has 76 valence electrons. The lowest BCUT2D eigenvalue weighted by molar-refractivity contribution is 0.0689. The van der Waals surface area contributed by atoms with Gasteiger partial charge in [0.1, 0.15) is 0 Å². The molecule has 15 heavy (non-hydrogen) atoms. The molecule has 2 aromatic rings. The second-order valence-corrected chi connectivity index (χ2v) is 3.57. The van der Waals surface area contributed by atoms with Crippen molar-refractivity contribution in [2.45, 2.75) is 6.92 Å². The number of hydrogen-bond acceptors (Lipinski definition) is 3. The van der Waals surface area contributed by atoms with Crippen molar-refractivity contribution in [3.63, 3.8) is 0 Å². The molecular formula is C10H7ClN2O2. The fourth-order valence-corrected chi connectivity index (χ4v) is 1.60. The van der Waals surface area contributed by atoms with Crippen molar-refractivity contribution in [1.29, 1.82) is 0 Å². The molecule has 0 bridgehead atoms. The number of halogens is 1. The summed E-state index contributed by atoms with van der Waals surface area (Å²) in [6, 6.07) is 5.40. The first kappa shape index (κ1) is 9.86. The number of carbonyl (C=O) groups is 1. The SMILES string of the molecule is Cc1ccc2c(Cl)c(C(=O)O)nnc2c1. The Labute approximate surface area is 90.5 Å². The molecular weight excluding hydrogens is 216 g/mol. The number of hydrogen-bond donors (Lipinski definition) is 1. The Morgan fingerprint density at radius 3 is 2.80 bits per heavy atom. The summed E-state index contributed by atoms with van der Waals surface area (Å²) in [6.45, 7) is 1.92. The van der Waals surface area contributed by atoms with Crippen molar-refractivity contribution in [3.8, 4) is 0 Å². The Morgan fingerprint density at radius 1 is 1.40 bits per heavy atom. The zero-order chi connectivity index (χ0) is 11.0. The number of rotatable bonds is 1. The molecule has 0 atom stereocenters. The number of carboxylic acid groups (broad SMARTS) is 1. The average molecular weight is 223 g/mol. The van der Waals surface area contributed by atoms with Crippen molar-refractivity contribution >= 4 is 28.5 Å². The minimum absolute atomic E-state index is 0.132. The van der Waals surface area contributed by atoms with Gasteiger partial charge in [0.15, 0.2) is 5.69 Å². The number of nitrogens with zero attached hydrogens (tertiary/aromatic N) is 2. The Kier molecular flexibility index (Phi) is 2.28. The molecule has 0 aliphatic carbocycles. The third kappa shape index (κ3) is 1.64. The Balaban J connectivity index is 2.80. The largest absolute Gasteiger partial charge is 0.476 e. The van der Waals surface area contributed by atoms with Gasteiger partial charge in [0, 0.05) is 5.39 Å². The summed E-state index contributed by atoms with van der Waals surface area (Å²) in [5.74, 6) is -1.17. The van der Waals surface area contributed by atoms with Gasteiger partial charge >= 0.3 is 5.97 Å². The quantitative estimate of drug-likeness (QED) is 0.804. The minimum atomic E-state index is -1.17. The molecule has 4 nitrogen and oxygen atoms in total. The maximum Gasteiger partial charge on any atom is 0.358 e. The summed E-state index contributed by atoms with van der Waals surface area (Å²) < 4.78 is 0. The van der Waals surface area contributed by atoms with Crippen LogP contribution in [0, 0.1) is 6.92 Å². The standard InChI is InChI=1S/C10H7ClN2O2/c1-5-2-3-6-7(4-5)12-13-9(8(6)11)10(14)15/h2-4H,1H3,(H,14,15). The summed E-state index contributed by atoms with van der Waals surface area (Å²) in [6.07, 6.45) is 0. The van der Waals surface area contributed by atoms with E-state index >= 15 is 0 Å². The van der Waals surface area contributed by atoms with Gasteiger partial charge in [-0.05, 0) is 18.6 Å². The van der Waals surface area contributed by atoms with E-state index in [9.17, 15) is 4.79 Å². The maximum atomic E-state index is 10.7. The Hall–Kier alpha value is -1.68. The Morgan fingerprint density at radius 2 is 2.13 bits per heavy atom. The molecule has 5 heteroatoms. The van der Waals surface area contributed by atoms with Crippen LogP contribution in [0.2, 0.25) is 5.02 Å². The first-order valence-corrected chi connectivity index (χ1v) is 4.63. The van der Waals surface area contributed by atoms with Gasteiger partial charge in [-0.2, -0.15) is 0 Å². The first-order valence-electron chi connectivity index (χ1n) is 4.25. The van der Waals surface area contributed by atoms with Crippen LogP contribution in [-0.4, -0.2) is 21.3 Å². The van der Waals surface area contributed by atoms with E-state index in [0.29, 0.717) is 10.9 Å². The lowest BCUT2D eigenvalue weighted by Gasteiger charge is -2.02. The summed E-state index contributed by atoms with van der Waals surface area (Å²) >= 11 is 5.91. The summed E-state index contributed by atoms with van der Waals surface area (Å²) in [5, 5.41) is 16.9. The van der Waals surface area contributed by atoms with Crippen LogP contribution < -0.4 is 0 Å². The van der Waals surface area contributed by atoms with E-state index in [1.807, 2.05) is 13.0 Å². The molecule has 0 fully saturated rings. The van der Waals surface area contributed by atoms with Gasteiger partial charge in [0.2, 0.25) is 0 Å². The molecule has 0 spiro atoms. The second kappa shape index (κ2) is 3.47. The molecule has 0 aliphatic heterocycles. The maximum absolute atomic E-state index is 10.7. The van der Waals surface area contributed by atoms with Gasteiger partial charge in [-0.15, -0.1) is 10.2 Å². The highest BCUT2D eigenvalue weighted by Crippen LogP contribution is 2.24. The molecule has 0 amide bonds. The van der Waals surface area contributed by atoms with E-state index < -0.39 is 5.97 Å². The smallest absolute Gasteiger partial charge is 0.358 e. The lowest BCUT2D eigenvalue weighted by atomic mass is 10.1. The number of benzene rings is 1. The highest BCUT2D eigenvalue weighted by Gasteiger charge is 2.14. The molecule has 0 unspecified atom stereocenters. The molecule has 1 N–H and O–H groups in total. The van der Waals surface area contributed by atoms with Crippen LogP contribution >= 0.6 is 11.6 Å². The molecule has 1 aromatic heterocycles. The zero-order valence-corrected chi connectivity index (χ0v) is 8.62. The normalized spacial score (nSPS) is 10.5. The van der Waals surface area contributed by atoms with Crippen LogP contribution in [0.15, 0.2) is 18.2 Å². The first-order chi connectivity index (χ1) is 7.09. The predicted molar refractivity (Wildman–Crippen MR) is 56.2 cm³/mol. The van der Waals surface area contributed by atoms with Crippen molar-refractivity contribution in [1.82, 2.24) is 10.2 Å². The fraction of sp³-hybridized carbons (Fsp3) is 0.100. The van der Waals surface area contributed by atoms with Crippen molar-refractivity contribution < 1.29 is 9.90 Å². The number of carboxylic acids is 1. The van der Waals surface area contributed by atoms with Crippen LogP contribution in [0.3, 0.4) is 0 Å². The summed E-state index contributed by atoms with van der Waals surface area (Å²) in [5.41, 5.74) is 1.41. The van der Waals surface area contributed by atoms with Crippen molar-refractivity contribution in [3.05, 3.63) is 34.5 Å². The molecule has 1 aromatic carbocycles. The number of fused-ring (bicyclic) bond motifs is 1. The topological polar surface area (TPSA) is 63.1 Å². The van der Waals surface area contributed by atoms with Crippen molar-refractivity contribution in [2.24, 2.45) is 0 Å². The van der Waals surface area contributed by atoms with E-state index in [2.05, 4.69) is 10.2 Å². The van der Waals surface area contributed by atoms with E-state index in [1.54, 1.807) is 12.1 Å². The number of aromatic carboxylic acids is 1. The van der Waals surface area contributed by atoms with E-state index in [1.165, 1.54) is 0 Å². The molecule has 0 saturated carbocycles. The van der Waals surface area contributed by atoms with Gasteiger partial charge in [0.25, 0.3) is 0 Å². The predicted octanol–water partition coefficient (Wildman–Crippen LogP) is 2.29. The van der Waals surface area contributed by atoms with Crippen LogP contribution in [-0.2, 0) is 0 Å². The van der Waals surface area contributed by atoms with Crippen LogP contribution in [0.5, 0.6) is 0 Å². The molecule has 0 saturated heterocycles. The van der Waals surface area contributed by atoms with Gasteiger partial charge in [0.05, 0.1) is 10.5 Å². The third-order valence-corrected chi connectivity index (χ3v) is 2.44. The van der Waals surface area contributed by atoms with Crippen LogP contribution in [0.4, 0.5) is 0 Å². The summed E-state index contributed by atoms with van der Waals surface area (Å²) in [4.78, 5) is 10.7. The third-order valence-electron chi connectivity index (χ3n) is 2.06. The zero-order valence-electron chi connectivity index (χ0n) is 7.86. The highest BCUT2D eigenvalue weighted by molar-refractivity contribution is 6.37. The van der Waals surface area contributed by atoms with Crippen molar-refractivity contribution in [2.75, 3.05) is 0 Å². The monoisotopic (exact) mass is 222 g/mol. The number of aryl methyl sites for hydroxylation is 1. The van der Waals surface area contributed by atoms with E-state index in [-0.39, 0.29) is 10.7 Å². The summed E-state index contributed by atoms with van der Waals surface area (Å²) in [7, 11) is 0. The van der Waals surface area contributed by atoms with Gasteiger partial charge in [-0.25, -0.2) is 4.79 Å². The highest BCUT2D eigenvalue weighted by atomic mass is 35.5. The van der Waals surface area contributed by atoms with Crippen LogP contribution in [0.1, 0.15) is 16.1 Å². The fourth-order valence-electron chi connectivity index (χ4n) is 1.32.